The summed E-state index contributed by atoms with van der Waals surface area (Å²) in [6.07, 6.45) is 0. The third kappa shape index (κ3) is 7.98. The molecule has 15 nitrogen and oxygen atoms in total. The molecule has 2 amide bonds. The number of fused-ring (bicyclic) bond motifs is 1. The molecule has 1 N–H and O–H groups in total. The van der Waals surface area contributed by atoms with Gasteiger partial charge in [0.15, 0.2) is 0 Å². The average molecular weight is 642 g/mol. The number of nitrogens with zero attached hydrogens (tertiary/aromatic N) is 2. The Morgan fingerprint density at radius 3 is 2.37 bits per heavy atom. The molecule has 0 saturated carbocycles. The number of hydrogen-bond donors (Lipinski definition) is 1. The van der Waals surface area contributed by atoms with E-state index >= 15 is 0 Å². The van der Waals surface area contributed by atoms with E-state index in [4.69, 9.17) is 18.4 Å². The van der Waals surface area contributed by atoms with Gasteiger partial charge in [0.1, 0.15) is 30.8 Å². The van der Waals surface area contributed by atoms with Crippen LogP contribution >= 0.6 is 11.8 Å². The van der Waals surface area contributed by atoms with Crippen LogP contribution in [0.15, 0.2) is 51.7 Å². The summed E-state index contributed by atoms with van der Waals surface area (Å²) in [6, 6.07) is 5.86. The van der Waals surface area contributed by atoms with Crippen LogP contribution in [0.2, 0.25) is 0 Å². The maximum Gasteiger partial charge on any atom is 0.358 e. The smallest absolute Gasteiger partial charge is 0.358 e. The molecule has 43 heavy (non-hydrogen) atoms. The molecule has 1 fully saturated rings. The number of carbonyl (C=O) groups excluding carboxylic acids is 5. The van der Waals surface area contributed by atoms with Crippen LogP contribution in [-0.2, 0) is 57.3 Å². The number of benzene rings is 1. The van der Waals surface area contributed by atoms with E-state index in [1.165, 1.54) is 43.1 Å². The molecule has 0 aromatic heterocycles. The molecule has 234 valence electrons. The Kier molecular flexibility index (Phi) is 11.1. The number of Topliss-reactive ketones (excluding diaryl/α,β-unsaturated/α-hetero) is 1. The molecule has 17 heteroatoms. The molecule has 1 unspecified atom stereocenters. The zero-order chi connectivity index (χ0) is 31.9. The van der Waals surface area contributed by atoms with Gasteiger partial charge in [-0.2, -0.15) is 8.42 Å². The van der Waals surface area contributed by atoms with Crippen LogP contribution in [-0.4, -0.2) is 100.0 Å². The van der Waals surface area contributed by atoms with Gasteiger partial charge in [0.05, 0.1) is 16.9 Å². The fourth-order valence-electron chi connectivity index (χ4n) is 3.75. The number of thioether (sulfide) groups is 1. The van der Waals surface area contributed by atoms with Crippen molar-refractivity contribution in [2.24, 2.45) is 10.6 Å². The fraction of sp³-hybridized carbons (Fsp3) is 0.462. The first-order valence-corrected chi connectivity index (χ1v) is 15.1. The normalized spacial score (nSPS) is 18.8. The Morgan fingerprint density at radius 1 is 1.09 bits per heavy atom. The number of oxime groups is 1. The molecule has 1 aromatic carbocycles. The molecule has 0 bridgehead atoms. The van der Waals surface area contributed by atoms with Gasteiger partial charge in [0, 0.05) is 12.9 Å². The second-order valence-electron chi connectivity index (χ2n) is 10.1. The number of amides is 2. The van der Waals surface area contributed by atoms with E-state index in [1.54, 1.807) is 26.8 Å². The van der Waals surface area contributed by atoms with Gasteiger partial charge in [-0.3, -0.25) is 28.3 Å². The van der Waals surface area contributed by atoms with Crippen LogP contribution in [0.25, 0.3) is 0 Å². The summed E-state index contributed by atoms with van der Waals surface area (Å²) in [5.41, 5.74) is -1.35. The lowest BCUT2D eigenvalue weighted by atomic mass is 9.98. The third-order valence-electron chi connectivity index (χ3n) is 5.88. The number of ether oxygens (including phenoxy) is 3. The summed E-state index contributed by atoms with van der Waals surface area (Å²) in [6.45, 7) is 3.14. The molecule has 3 rings (SSSR count). The first kappa shape index (κ1) is 33.7. The Bertz CT molecular complexity index is 1430. The third-order valence-corrected chi connectivity index (χ3v) is 8.49. The quantitative estimate of drug-likeness (QED) is 0.0591. The van der Waals surface area contributed by atoms with Crippen LogP contribution in [0.4, 0.5) is 0 Å². The van der Waals surface area contributed by atoms with E-state index in [0.29, 0.717) is 5.57 Å². The molecular weight excluding hydrogens is 610 g/mol. The summed E-state index contributed by atoms with van der Waals surface area (Å²) in [7, 11) is -1.85. The Labute approximate surface area is 252 Å². The van der Waals surface area contributed by atoms with Gasteiger partial charge in [-0.25, -0.2) is 4.79 Å². The number of methoxy groups -OCH3 is 1. The van der Waals surface area contributed by atoms with Crippen LogP contribution in [0, 0.1) is 5.41 Å². The van der Waals surface area contributed by atoms with Gasteiger partial charge < -0.3 is 24.4 Å². The predicted molar refractivity (Wildman–Crippen MR) is 149 cm³/mol. The van der Waals surface area contributed by atoms with E-state index in [1.807, 2.05) is 0 Å². The highest BCUT2D eigenvalue weighted by molar-refractivity contribution is 8.00. The van der Waals surface area contributed by atoms with Crippen LogP contribution in [0.3, 0.4) is 0 Å². The Hall–Kier alpha value is -3.80. The van der Waals surface area contributed by atoms with Gasteiger partial charge in [-0.15, -0.1) is 11.8 Å². The number of β-lactam (4-membered cyclic amide) rings is 1. The average Bonchev–Trinajstić information content (AvgIpc) is 2.97. The molecule has 1 saturated heterocycles. The highest BCUT2D eigenvalue weighted by atomic mass is 32.2. The first-order chi connectivity index (χ1) is 20.2. The molecule has 0 aliphatic carbocycles. The van der Waals surface area contributed by atoms with Gasteiger partial charge in [0.25, 0.3) is 21.9 Å². The Morgan fingerprint density at radius 2 is 1.77 bits per heavy atom. The topological polar surface area (TPSA) is 193 Å². The van der Waals surface area contributed by atoms with Crippen molar-refractivity contribution in [1.29, 1.82) is 0 Å². The van der Waals surface area contributed by atoms with Crippen molar-refractivity contribution in [1.82, 2.24) is 10.2 Å². The number of rotatable bonds is 13. The maximum absolute atomic E-state index is 13.1. The van der Waals surface area contributed by atoms with Gasteiger partial charge >= 0.3 is 11.9 Å². The number of hydrogen-bond acceptors (Lipinski definition) is 14. The highest BCUT2D eigenvalue weighted by Crippen LogP contribution is 2.40. The van der Waals surface area contributed by atoms with Gasteiger partial charge in [0.2, 0.25) is 18.3 Å². The van der Waals surface area contributed by atoms with Crippen molar-refractivity contribution in [3.8, 4) is 0 Å². The molecule has 0 radical (unpaired) electrons. The minimum Gasteiger partial charge on any atom is -0.427 e. The first-order valence-electron chi connectivity index (χ1n) is 12.6. The van der Waals surface area contributed by atoms with Crippen LogP contribution in [0.1, 0.15) is 20.8 Å². The molecule has 2 aliphatic heterocycles. The van der Waals surface area contributed by atoms with Crippen molar-refractivity contribution in [3.05, 3.63) is 41.6 Å². The van der Waals surface area contributed by atoms with Crippen molar-refractivity contribution >= 4 is 57.1 Å². The number of ketones is 1. The lowest BCUT2D eigenvalue weighted by Crippen LogP contribution is -2.71. The number of nitrogens with one attached hydrogen (secondary N) is 1. The molecule has 2 aliphatic rings. The molecule has 2 atom stereocenters. The van der Waals surface area contributed by atoms with E-state index in [9.17, 15) is 32.4 Å². The SMILES string of the molecule is COCC1=C(C(=O)OCOC(=O)C(C)(C)C)N2C(=O)C(NC(=O)/C(=N\OC)C(=O)COS(=O)(=O)c3ccccc3)[C@H]2SC1. The van der Waals surface area contributed by atoms with E-state index in [0.717, 1.165) is 12.0 Å². The largest absolute Gasteiger partial charge is 0.427 e. The lowest BCUT2D eigenvalue weighted by Gasteiger charge is -2.49. The van der Waals surface area contributed by atoms with Crippen LogP contribution < -0.4 is 5.32 Å². The highest BCUT2D eigenvalue weighted by Gasteiger charge is 2.55. The van der Waals surface area contributed by atoms with Crippen LogP contribution in [0.5, 0.6) is 0 Å². The number of esters is 2. The second-order valence-corrected chi connectivity index (χ2v) is 12.8. The minimum absolute atomic E-state index is 0.00221. The van der Waals surface area contributed by atoms with Gasteiger partial charge in [-0.1, -0.05) is 23.4 Å². The molecule has 2 heterocycles. The summed E-state index contributed by atoms with van der Waals surface area (Å²) in [5, 5.41) is 5.00. The summed E-state index contributed by atoms with van der Waals surface area (Å²) in [5.74, 6) is -4.27. The minimum atomic E-state index is -4.31. The number of carbonyl (C=O) groups is 5. The maximum atomic E-state index is 13.1. The fourth-order valence-corrected chi connectivity index (χ4v) is 5.97. The monoisotopic (exact) mass is 641 g/mol. The van der Waals surface area contributed by atoms with E-state index in [-0.39, 0.29) is 23.0 Å². The van der Waals surface area contributed by atoms with Crippen molar-refractivity contribution in [2.45, 2.75) is 37.1 Å². The summed E-state index contributed by atoms with van der Waals surface area (Å²) < 4.78 is 44.7. The zero-order valence-corrected chi connectivity index (χ0v) is 25.6. The Balaban J connectivity index is 1.68. The van der Waals surface area contributed by atoms with Crippen molar-refractivity contribution in [3.63, 3.8) is 0 Å². The van der Waals surface area contributed by atoms with E-state index < -0.39 is 75.6 Å². The van der Waals surface area contributed by atoms with Crippen molar-refractivity contribution < 1.29 is 55.6 Å². The second kappa shape index (κ2) is 14.1. The predicted octanol–water partition coefficient (Wildman–Crippen LogP) is 0.354. The summed E-state index contributed by atoms with van der Waals surface area (Å²) in [4.78, 5) is 69.2. The lowest BCUT2D eigenvalue weighted by molar-refractivity contribution is -0.173. The van der Waals surface area contributed by atoms with Gasteiger partial charge in [-0.05, 0) is 38.5 Å². The standard InChI is InChI=1S/C26H31N3O12S2/c1-26(2,3)25(34)40-14-39-24(33)20-15(11-37-4)13-42-23-19(22(32)29(20)23)27-21(31)18(28-38-5)17(30)12-41-43(35,36)16-9-7-6-8-10-16/h6-10,19,23H,11-14H2,1-5H3,(H,27,31)/b28-18-/t19?,23-/m1/s1. The van der Waals surface area contributed by atoms with Crippen molar-refractivity contribution in [2.75, 3.05) is 40.0 Å². The zero-order valence-electron chi connectivity index (χ0n) is 24.0. The molecular formula is C26H31N3O12S2. The summed E-state index contributed by atoms with van der Waals surface area (Å²) >= 11 is 1.21. The molecule has 0 spiro atoms. The van der Waals surface area contributed by atoms with E-state index in [2.05, 4.69) is 15.3 Å². The molecule has 1 aromatic rings.